The van der Waals surface area contributed by atoms with Gasteiger partial charge in [0, 0.05) is 32.5 Å². The molecule has 28 heavy (non-hydrogen) atoms. The molecule has 7 heteroatoms. The lowest BCUT2D eigenvalue weighted by molar-refractivity contribution is -0.0231. The molecule has 1 aliphatic carbocycles. The van der Waals surface area contributed by atoms with Gasteiger partial charge in [-0.2, -0.15) is 0 Å². The molecule has 1 aliphatic heterocycles. The summed E-state index contributed by atoms with van der Waals surface area (Å²) in [4.78, 5) is 18.4. The van der Waals surface area contributed by atoms with Crippen LogP contribution in [0.15, 0.2) is 36.7 Å². The number of aliphatic hydroxyl groups excluding tert-OH is 1. The van der Waals surface area contributed by atoms with E-state index in [0.717, 1.165) is 38.3 Å². The third-order valence-electron chi connectivity index (χ3n) is 6.01. The van der Waals surface area contributed by atoms with E-state index in [1.54, 1.807) is 24.3 Å². The molecule has 0 spiro atoms. The molecule has 2 heterocycles. The average molecular weight is 385 g/mol. The average Bonchev–Trinajstić information content (AvgIpc) is 3.27. The number of benzene rings is 1. The molecule has 150 valence electrons. The van der Waals surface area contributed by atoms with Crippen molar-refractivity contribution in [2.24, 2.45) is 18.9 Å². The zero-order valence-corrected chi connectivity index (χ0v) is 16.3. The molecular formula is C21H27N3O4. The van der Waals surface area contributed by atoms with Crippen LogP contribution in [-0.2, 0) is 18.3 Å². The SMILES string of the molecule is COC(=O)c1ccc(O[C@H]2C[C@@H]3CN(Cc4nccn4C)C[C@@H]3C[C@@H]2O)cc1. The van der Waals surface area contributed by atoms with E-state index in [0.29, 0.717) is 23.1 Å². The Morgan fingerprint density at radius 2 is 1.93 bits per heavy atom. The maximum atomic E-state index is 11.5. The van der Waals surface area contributed by atoms with Crippen molar-refractivity contribution >= 4 is 5.97 Å². The number of rotatable bonds is 5. The van der Waals surface area contributed by atoms with Gasteiger partial charge in [-0.3, -0.25) is 4.90 Å². The number of aliphatic hydroxyl groups is 1. The lowest BCUT2D eigenvalue weighted by atomic mass is 9.78. The molecular weight excluding hydrogens is 358 g/mol. The van der Waals surface area contributed by atoms with Gasteiger partial charge in [-0.15, -0.1) is 0 Å². The molecule has 0 bridgehead atoms. The number of ether oxygens (including phenoxy) is 2. The van der Waals surface area contributed by atoms with Crippen molar-refractivity contribution in [2.75, 3.05) is 20.2 Å². The van der Waals surface area contributed by atoms with Crippen molar-refractivity contribution in [3.05, 3.63) is 48.0 Å². The molecule has 2 aromatic rings. The molecule has 1 N–H and O–H groups in total. The molecule has 7 nitrogen and oxygen atoms in total. The standard InChI is InChI=1S/C21H27N3O4/c1-23-8-7-22-20(23)13-24-11-15-9-18(25)19(10-16(15)12-24)28-17-5-3-14(4-6-17)21(26)27-2/h3-8,15-16,18-19,25H,9-13H2,1-2H3/t15-,16+,18-,19-/m0/s1. The third kappa shape index (κ3) is 3.91. The van der Waals surface area contributed by atoms with Crippen LogP contribution in [0.2, 0.25) is 0 Å². The Balaban J connectivity index is 1.36. The number of imidazole rings is 1. The monoisotopic (exact) mass is 385 g/mol. The lowest BCUT2D eigenvalue weighted by Crippen LogP contribution is -2.42. The first-order valence-electron chi connectivity index (χ1n) is 9.75. The van der Waals surface area contributed by atoms with Gasteiger partial charge in [-0.05, 0) is 48.9 Å². The molecule has 2 fully saturated rings. The quantitative estimate of drug-likeness (QED) is 0.792. The third-order valence-corrected chi connectivity index (χ3v) is 6.01. The van der Waals surface area contributed by atoms with Crippen molar-refractivity contribution in [2.45, 2.75) is 31.6 Å². The number of aromatic nitrogens is 2. The number of esters is 1. The largest absolute Gasteiger partial charge is 0.488 e. The van der Waals surface area contributed by atoms with Crippen LogP contribution in [0.3, 0.4) is 0 Å². The van der Waals surface area contributed by atoms with Gasteiger partial charge in [0.25, 0.3) is 0 Å². The highest BCUT2D eigenvalue weighted by atomic mass is 16.5. The van der Waals surface area contributed by atoms with Crippen molar-refractivity contribution in [1.29, 1.82) is 0 Å². The minimum Gasteiger partial charge on any atom is -0.488 e. The zero-order chi connectivity index (χ0) is 19.7. The highest BCUT2D eigenvalue weighted by molar-refractivity contribution is 5.89. The van der Waals surface area contributed by atoms with Crippen molar-refractivity contribution in [3.8, 4) is 5.75 Å². The number of carbonyl (C=O) groups excluding carboxylic acids is 1. The van der Waals surface area contributed by atoms with Gasteiger partial charge in [0.2, 0.25) is 0 Å². The van der Waals surface area contributed by atoms with Crippen LogP contribution in [0.1, 0.15) is 29.0 Å². The Hall–Kier alpha value is -2.38. The van der Waals surface area contributed by atoms with Gasteiger partial charge in [0.1, 0.15) is 17.7 Å². The van der Waals surface area contributed by atoms with Crippen molar-refractivity contribution < 1.29 is 19.4 Å². The normalized spacial score (nSPS) is 27.4. The number of hydrogen-bond acceptors (Lipinski definition) is 6. The fraction of sp³-hybridized carbons (Fsp3) is 0.524. The number of methoxy groups -OCH3 is 1. The Morgan fingerprint density at radius 3 is 2.57 bits per heavy atom. The number of hydrogen-bond donors (Lipinski definition) is 1. The number of carbonyl (C=O) groups is 1. The Labute approximate surface area is 164 Å². The first kappa shape index (κ1) is 19.0. The summed E-state index contributed by atoms with van der Waals surface area (Å²) < 4.78 is 12.8. The van der Waals surface area contributed by atoms with Crippen LogP contribution < -0.4 is 4.74 Å². The summed E-state index contributed by atoms with van der Waals surface area (Å²) in [5.41, 5.74) is 0.486. The summed E-state index contributed by atoms with van der Waals surface area (Å²) in [5.74, 6) is 2.38. The summed E-state index contributed by atoms with van der Waals surface area (Å²) in [6.07, 6.45) is 4.69. The number of likely N-dealkylation sites (tertiary alicyclic amines) is 1. The summed E-state index contributed by atoms with van der Waals surface area (Å²) in [6, 6.07) is 6.88. The molecule has 1 aromatic heterocycles. The maximum absolute atomic E-state index is 11.5. The molecule has 1 saturated heterocycles. The molecule has 1 aromatic carbocycles. The van der Waals surface area contributed by atoms with Crippen LogP contribution in [0.5, 0.6) is 5.75 Å². The predicted molar refractivity (Wildman–Crippen MR) is 103 cm³/mol. The van der Waals surface area contributed by atoms with Crippen LogP contribution >= 0.6 is 0 Å². The Morgan fingerprint density at radius 1 is 1.21 bits per heavy atom. The van der Waals surface area contributed by atoms with Gasteiger partial charge in [0.15, 0.2) is 0 Å². The topological polar surface area (TPSA) is 76.8 Å². The van der Waals surface area contributed by atoms with E-state index in [2.05, 4.69) is 14.5 Å². The predicted octanol–water partition coefficient (Wildman–Crippen LogP) is 1.86. The highest BCUT2D eigenvalue weighted by Gasteiger charge is 2.42. The van der Waals surface area contributed by atoms with Crippen LogP contribution in [0, 0.1) is 11.8 Å². The first-order valence-corrected chi connectivity index (χ1v) is 9.75. The van der Waals surface area contributed by atoms with E-state index >= 15 is 0 Å². The summed E-state index contributed by atoms with van der Waals surface area (Å²) >= 11 is 0. The molecule has 2 aliphatic rings. The highest BCUT2D eigenvalue weighted by Crippen LogP contribution is 2.38. The molecule has 0 radical (unpaired) electrons. The lowest BCUT2D eigenvalue weighted by Gasteiger charge is -2.35. The second kappa shape index (κ2) is 7.93. The van der Waals surface area contributed by atoms with Crippen LogP contribution in [-0.4, -0.2) is 57.9 Å². The van der Waals surface area contributed by atoms with E-state index in [1.807, 2.05) is 19.4 Å². The second-order valence-corrected chi connectivity index (χ2v) is 7.88. The summed E-state index contributed by atoms with van der Waals surface area (Å²) in [5, 5.41) is 10.6. The Bertz CT molecular complexity index is 819. The van der Waals surface area contributed by atoms with Crippen molar-refractivity contribution in [3.63, 3.8) is 0 Å². The van der Waals surface area contributed by atoms with Crippen LogP contribution in [0.25, 0.3) is 0 Å². The maximum Gasteiger partial charge on any atom is 0.337 e. The zero-order valence-electron chi connectivity index (χ0n) is 16.3. The Kier molecular flexibility index (Phi) is 5.37. The second-order valence-electron chi connectivity index (χ2n) is 7.88. The van der Waals surface area contributed by atoms with E-state index in [-0.39, 0.29) is 12.1 Å². The first-order chi connectivity index (χ1) is 13.5. The summed E-state index contributed by atoms with van der Waals surface area (Å²) in [6.45, 7) is 2.84. The number of nitrogens with zero attached hydrogens (tertiary/aromatic N) is 3. The van der Waals surface area contributed by atoms with E-state index in [1.165, 1.54) is 7.11 Å². The molecule has 1 saturated carbocycles. The van der Waals surface area contributed by atoms with E-state index in [4.69, 9.17) is 9.47 Å². The molecule has 4 rings (SSSR count). The number of aryl methyl sites for hydroxylation is 1. The van der Waals surface area contributed by atoms with Gasteiger partial charge in [0.05, 0.1) is 25.3 Å². The molecule has 0 amide bonds. The van der Waals surface area contributed by atoms with Gasteiger partial charge < -0.3 is 19.1 Å². The van der Waals surface area contributed by atoms with E-state index < -0.39 is 6.10 Å². The number of fused-ring (bicyclic) bond motifs is 1. The molecule has 4 atom stereocenters. The fourth-order valence-corrected chi connectivity index (χ4v) is 4.45. The minimum atomic E-state index is -0.477. The van der Waals surface area contributed by atoms with Gasteiger partial charge in [-0.25, -0.2) is 9.78 Å². The van der Waals surface area contributed by atoms with E-state index in [9.17, 15) is 9.90 Å². The summed E-state index contributed by atoms with van der Waals surface area (Å²) in [7, 11) is 3.38. The smallest absolute Gasteiger partial charge is 0.337 e. The van der Waals surface area contributed by atoms with Crippen LogP contribution in [0.4, 0.5) is 0 Å². The van der Waals surface area contributed by atoms with Crippen molar-refractivity contribution in [1.82, 2.24) is 14.5 Å². The van der Waals surface area contributed by atoms with Gasteiger partial charge in [-0.1, -0.05) is 0 Å². The molecule has 0 unspecified atom stereocenters. The van der Waals surface area contributed by atoms with Gasteiger partial charge >= 0.3 is 5.97 Å². The fourth-order valence-electron chi connectivity index (χ4n) is 4.45. The minimum absolute atomic E-state index is 0.224.